The van der Waals surface area contributed by atoms with Crippen molar-refractivity contribution in [1.82, 2.24) is 5.43 Å². The second-order valence-corrected chi connectivity index (χ2v) is 4.89. The van der Waals surface area contributed by atoms with E-state index < -0.39 is 0 Å². The molecule has 0 bridgehead atoms. The molecule has 0 fully saturated rings. The standard InChI is InChI=1S/C14H13BrN2O3/c1-10-4-5-13(12(15)7-10)20-9-14(18)17-16-8-11-3-2-6-19-11/h2-8H,9H2,1H3,(H,17,18)/b16-8+. The highest BCUT2D eigenvalue weighted by Crippen LogP contribution is 2.25. The first-order valence-corrected chi connectivity index (χ1v) is 6.69. The molecule has 0 radical (unpaired) electrons. The van der Waals surface area contributed by atoms with Crippen LogP contribution in [0, 0.1) is 6.92 Å². The lowest BCUT2D eigenvalue weighted by Crippen LogP contribution is -2.24. The monoisotopic (exact) mass is 336 g/mol. The molecule has 0 aliphatic rings. The van der Waals surface area contributed by atoms with Gasteiger partial charge in [0.05, 0.1) is 17.0 Å². The lowest BCUT2D eigenvalue weighted by molar-refractivity contribution is -0.123. The number of rotatable bonds is 5. The predicted molar refractivity (Wildman–Crippen MR) is 78.8 cm³/mol. The third-order valence-corrected chi connectivity index (χ3v) is 2.99. The van der Waals surface area contributed by atoms with Gasteiger partial charge in [0.2, 0.25) is 0 Å². The number of carbonyl (C=O) groups excluding carboxylic acids is 1. The first kappa shape index (κ1) is 14.3. The van der Waals surface area contributed by atoms with E-state index >= 15 is 0 Å². The maximum atomic E-state index is 11.5. The van der Waals surface area contributed by atoms with Crippen molar-refractivity contribution in [3.8, 4) is 5.75 Å². The van der Waals surface area contributed by atoms with Crippen molar-refractivity contribution < 1.29 is 13.9 Å². The molecule has 0 saturated carbocycles. The molecule has 0 spiro atoms. The Balaban J connectivity index is 1.80. The van der Waals surface area contributed by atoms with Gasteiger partial charge in [-0.3, -0.25) is 4.79 Å². The Hall–Kier alpha value is -2.08. The lowest BCUT2D eigenvalue weighted by atomic mass is 10.2. The molecule has 0 unspecified atom stereocenters. The summed E-state index contributed by atoms with van der Waals surface area (Å²) in [6, 6.07) is 9.10. The molecule has 104 valence electrons. The topological polar surface area (TPSA) is 63.8 Å². The van der Waals surface area contributed by atoms with Gasteiger partial charge < -0.3 is 9.15 Å². The number of benzene rings is 1. The number of furan rings is 1. The van der Waals surface area contributed by atoms with Crippen LogP contribution in [0.3, 0.4) is 0 Å². The number of aryl methyl sites for hydroxylation is 1. The molecular weight excluding hydrogens is 324 g/mol. The maximum Gasteiger partial charge on any atom is 0.277 e. The van der Waals surface area contributed by atoms with Gasteiger partial charge in [-0.2, -0.15) is 5.10 Å². The van der Waals surface area contributed by atoms with Crippen LogP contribution in [-0.2, 0) is 4.79 Å². The van der Waals surface area contributed by atoms with Crippen LogP contribution < -0.4 is 10.2 Å². The Bertz CT molecular complexity index is 609. The molecule has 6 heteroatoms. The molecule has 0 aliphatic heterocycles. The average molecular weight is 337 g/mol. The van der Waals surface area contributed by atoms with Crippen molar-refractivity contribution >= 4 is 28.1 Å². The molecule has 1 aromatic carbocycles. The second-order valence-electron chi connectivity index (χ2n) is 4.03. The summed E-state index contributed by atoms with van der Waals surface area (Å²) < 4.78 is 11.2. The molecule has 1 heterocycles. The van der Waals surface area contributed by atoms with Crippen LogP contribution in [-0.4, -0.2) is 18.7 Å². The van der Waals surface area contributed by atoms with E-state index in [0.717, 1.165) is 10.0 Å². The summed E-state index contributed by atoms with van der Waals surface area (Å²) in [5, 5.41) is 3.75. The van der Waals surface area contributed by atoms with E-state index in [1.165, 1.54) is 12.5 Å². The highest BCUT2D eigenvalue weighted by Gasteiger charge is 2.05. The quantitative estimate of drug-likeness (QED) is 0.674. The third kappa shape index (κ3) is 4.24. The minimum absolute atomic E-state index is 0.114. The number of amides is 1. The number of nitrogens with zero attached hydrogens (tertiary/aromatic N) is 1. The molecule has 1 N–H and O–H groups in total. The summed E-state index contributed by atoms with van der Waals surface area (Å²) in [6.07, 6.45) is 2.95. The van der Waals surface area contributed by atoms with E-state index in [1.54, 1.807) is 18.2 Å². The second kappa shape index (κ2) is 6.91. The summed E-state index contributed by atoms with van der Waals surface area (Å²) in [6.45, 7) is 1.86. The number of hydrogen-bond donors (Lipinski definition) is 1. The van der Waals surface area contributed by atoms with Gasteiger partial charge in [-0.25, -0.2) is 5.43 Å². The third-order valence-electron chi connectivity index (χ3n) is 2.37. The van der Waals surface area contributed by atoms with Crippen LogP contribution in [0.1, 0.15) is 11.3 Å². The van der Waals surface area contributed by atoms with E-state index in [4.69, 9.17) is 9.15 Å². The molecule has 20 heavy (non-hydrogen) atoms. The van der Waals surface area contributed by atoms with Crippen molar-refractivity contribution in [3.05, 3.63) is 52.4 Å². The highest BCUT2D eigenvalue weighted by molar-refractivity contribution is 9.10. The van der Waals surface area contributed by atoms with Crippen LogP contribution in [0.2, 0.25) is 0 Å². The highest BCUT2D eigenvalue weighted by atomic mass is 79.9. The predicted octanol–water partition coefficient (Wildman–Crippen LogP) is 2.88. The fourth-order valence-electron chi connectivity index (χ4n) is 1.43. The van der Waals surface area contributed by atoms with Gasteiger partial charge in [-0.15, -0.1) is 0 Å². The zero-order chi connectivity index (χ0) is 14.4. The van der Waals surface area contributed by atoms with Crippen LogP contribution in [0.25, 0.3) is 0 Å². The molecule has 1 amide bonds. The molecule has 5 nitrogen and oxygen atoms in total. The molecule has 1 aromatic heterocycles. The van der Waals surface area contributed by atoms with Gasteiger partial charge in [-0.1, -0.05) is 6.07 Å². The van der Waals surface area contributed by atoms with Crippen LogP contribution in [0.15, 0.2) is 50.6 Å². The number of carbonyl (C=O) groups is 1. The minimum atomic E-state index is -0.347. The van der Waals surface area contributed by atoms with Crippen LogP contribution in [0.4, 0.5) is 0 Å². The fourth-order valence-corrected chi connectivity index (χ4v) is 2.04. The molecule has 0 atom stereocenters. The first-order valence-electron chi connectivity index (χ1n) is 5.89. The van der Waals surface area contributed by atoms with E-state index in [9.17, 15) is 4.79 Å². The Morgan fingerprint density at radius 1 is 1.50 bits per heavy atom. The van der Waals surface area contributed by atoms with Gasteiger partial charge in [0.1, 0.15) is 11.5 Å². The summed E-state index contributed by atoms with van der Waals surface area (Å²) in [5.41, 5.74) is 3.46. The maximum absolute atomic E-state index is 11.5. The number of nitrogens with one attached hydrogen (secondary N) is 1. The van der Waals surface area contributed by atoms with E-state index in [1.807, 2.05) is 19.1 Å². The van der Waals surface area contributed by atoms with Crippen molar-refractivity contribution in [3.63, 3.8) is 0 Å². The Kier molecular flexibility index (Phi) is 4.95. The molecule has 2 rings (SSSR count). The number of ether oxygens (including phenoxy) is 1. The summed E-state index contributed by atoms with van der Waals surface area (Å²) >= 11 is 3.38. The summed E-state index contributed by atoms with van der Waals surface area (Å²) in [4.78, 5) is 11.5. The smallest absolute Gasteiger partial charge is 0.277 e. The van der Waals surface area contributed by atoms with Gasteiger partial charge in [0.15, 0.2) is 6.61 Å². The largest absolute Gasteiger partial charge is 0.483 e. The number of hydrazone groups is 1. The van der Waals surface area contributed by atoms with Crippen molar-refractivity contribution in [2.75, 3.05) is 6.61 Å². The molecule has 0 saturated heterocycles. The van der Waals surface area contributed by atoms with Crippen molar-refractivity contribution in [2.24, 2.45) is 5.10 Å². The van der Waals surface area contributed by atoms with Crippen molar-refractivity contribution in [2.45, 2.75) is 6.92 Å². The van der Waals surface area contributed by atoms with E-state index in [0.29, 0.717) is 11.5 Å². The Morgan fingerprint density at radius 2 is 2.35 bits per heavy atom. The summed E-state index contributed by atoms with van der Waals surface area (Å²) in [7, 11) is 0. The van der Waals surface area contributed by atoms with Gasteiger partial charge >= 0.3 is 0 Å². The lowest BCUT2D eigenvalue weighted by Gasteiger charge is -2.07. The van der Waals surface area contributed by atoms with Crippen molar-refractivity contribution in [1.29, 1.82) is 0 Å². The molecular formula is C14H13BrN2O3. The fraction of sp³-hybridized carbons (Fsp3) is 0.143. The number of hydrogen-bond acceptors (Lipinski definition) is 4. The van der Waals surface area contributed by atoms with Gasteiger partial charge in [0.25, 0.3) is 5.91 Å². The van der Waals surface area contributed by atoms with Gasteiger partial charge in [-0.05, 0) is 52.7 Å². The zero-order valence-electron chi connectivity index (χ0n) is 10.8. The molecule has 2 aromatic rings. The summed E-state index contributed by atoms with van der Waals surface area (Å²) in [5.74, 6) is 0.827. The van der Waals surface area contributed by atoms with E-state index in [2.05, 4.69) is 26.5 Å². The normalized spacial score (nSPS) is 10.7. The Morgan fingerprint density at radius 3 is 3.05 bits per heavy atom. The van der Waals surface area contributed by atoms with Crippen LogP contribution in [0.5, 0.6) is 5.75 Å². The average Bonchev–Trinajstić information content (AvgIpc) is 2.91. The van der Waals surface area contributed by atoms with Crippen LogP contribution >= 0.6 is 15.9 Å². The first-order chi connectivity index (χ1) is 9.65. The SMILES string of the molecule is Cc1ccc(OCC(=O)N/N=C/c2ccco2)c(Br)c1. The minimum Gasteiger partial charge on any atom is -0.483 e. The van der Waals surface area contributed by atoms with Gasteiger partial charge in [0, 0.05) is 0 Å². The Labute approximate surface area is 124 Å². The van der Waals surface area contributed by atoms with E-state index in [-0.39, 0.29) is 12.5 Å². The number of halogens is 1. The zero-order valence-corrected chi connectivity index (χ0v) is 12.4. The molecule has 0 aliphatic carbocycles.